The quantitative estimate of drug-likeness (QED) is 0.865. The van der Waals surface area contributed by atoms with Crippen molar-refractivity contribution in [3.63, 3.8) is 0 Å². The molecule has 5 atom stereocenters. The molecule has 5 nitrogen and oxygen atoms in total. The Labute approximate surface area is 154 Å². The second-order valence-corrected chi connectivity index (χ2v) is 7.16. The standard InChI is InChI=1S/C19H21F3O5/c1-10(23)14-15(11-5-7-12(26-2)8-6-11)16-13(24)4-3-9-18(16,25)27-17(14)19(20,21)22/h5-8,14-17,25H,3-4,9H2,1-2H3. The molecule has 1 aliphatic heterocycles. The van der Waals surface area contributed by atoms with Crippen molar-refractivity contribution in [3.05, 3.63) is 29.8 Å². The number of ketones is 2. The fourth-order valence-electron chi connectivity index (χ4n) is 4.34. The molecule has 0 spiro atoms. The number of rotatable bonds is 3. The average Bonchev–Trinajstić information content (AvgIpc) is 2.59. The molecule has 2 fully saturated rings. The highest BCUT2D eigenvalue weighted by Gasteiger charge is 2.64. The summed E-state index contributed by atoms with van der Waals surface area (Å²) in [6, 6.07) is 6.16. The molecule has 1 saturated carbocycles. The van der Waals surface area contributed by atoms with Crippen LogP contribution >= 0.6 is 0 Å². The Bertz CT molecular complexity index is 730. The van der Waals surface area contributed by atoms with E-state index in [9.17, 15) is 27.9 Å². The van der Waals surface area contributed by atoms with E-state index >= 15 is 0 Å². The monoisotopic (exact) mass is 386 g/mol. The molecule has 1 N–H and O–H groups in total. The van der Waals surface area contributed by atoms with Crippen molar-refractivity contribution in [2.75, 3.05) is 7.11 Å². The number of hydrogen-bond donors (Lipinski definition) is 1. The molecule has 1 aliphatic carbocycles. The minimum Gasteiger partial charge on any atom is -0.497 e. The Hall–Kier alpha value is -1.93. The van der Waals surface area contributed by atoms with Crippen LogP contribution in [0.5, 0.6) is 5.75 Å². The number of aliphatic hydroxyl groups is 1. The second-order valence-electron chi connectivity index (χ2n) is 7.16. The van der Waals surface area contributed by atoms with Gasteiger partial charge in [0, 0.05) is 18.8 Å². The first-order chi connectivity index (χ1) is 12.6. The Morgan fingerprint density at radius 1 is 1.30 bits per heavy atom. The number of ether oxygens (including phenoxy) is 2. The van der Waals surface area contributed by atoms with E-state index in [2.05, 4.69) is 0 Å². The highest BCUT2D eigenvalue weighted by atomic mass is 19.4. The molecule has 0 aromatic heterocycles. The summed E-state index contributed by atoms with van der Waals surface area (Å²) in [4.78, 5) is 24.9. The third kappa shape index (κ3) is 3.48. The molecular formula is C19H21F3O5. The van der Waals surface area contributed by atoms with Gasteiger partial charge in [-0.25, -0.2) is 0 Å². The summed E-state index contributed by atoms with van der Waals surface area (Å²) >= 11 is 0. The number of alkyl halides is 3. The maximum atomic E-state index is 13.7. The first-order valence-electron chi connectivity index (χ1n) is 8.72. The zero-order valence-corrected chi connectivity index (χ0v) is 15.0. The van der Waals surface area contributed by atoms with Crippen LogP contribution in [0.15, 0.2) is 24.3 Å². The number of halogens is 3. The third-order valence-electron chi connectivity index (χ3n) is 5.49. The molecule has 0 bridgehead atoms. The number of methoxy groups -OCH3 is 1. The van der Waals surface area contributed by atoms with Gasteiger partial charge < -0.3 is 14.6 Å². The van der Waals surface area contributed by atoms with Crippen molar-refractivity contribution in [1.29, 1.82) is 0 Å². The van der Waals surface area contributed by atoms with Gasteiger partial charge in [-0.15, -0.1) is 0 Å². The maximum Gasteiger partial charge on any atom is 0.415 e. The van der Waals surface area contributed by atoms with Crippen LogP contribution in [-0.2, 0) is 14.3 Å². The molecule has 27 heavy (non-hydrogen) atoms. The minimum absolute atomic E-state index is 0.0900. The topological polar surface area (TPSA) is 72.8 Å². The van der Waals surface area contributed by atoms with Gasteiger partial charge in [0.2, 0.25) is 0 Å². The summed E-state index contributed by atoms with van der Waals surface area (Å²) in [7, 11) is 1.45. The van der Waals surface area contributed by atoms with Crippen LogP contribution in [0.2, 0.25) is 0 Å². The van der Waals surface area contributed by atoms with Crippen LogP contribution < -0.4 is 4.74 Å². The molecule has 148 valence electrons. The Balaban J connectivity index is 2.17. The van der Waals surface area contributed by atoms with E-state index in [4.69, 9.17) is 9.47 Å². The van der Waals surface area contributed by atoms with Gasteiger partial charge in [-0.05, 0) is 31.0 Å². The van der Waals surface area contributed by atoms with Crippen molar-refractivity contribution in [2.24, 2.45) is 11.8 Å². The molecule has 1 aromatic carbocycles. The summed E-state index contributed by atoms with van der Waals surface area (Å²) in [6.07, 6.45) is -7.06. The van der Waals surface area contributed by atoms with Gasteiger partial charge >= 0.3 is 6.18 Å². The number of benzene rings is 1. The average molecular weight is 386 g/mol. The first kappa shape index (κ1) is 19.8. The van der Waals surface area contributed by atoms with Crippen molar-refractivity contribution < 1.29 is 37.3 Å². The zero-order valence-electron chi connectivity index (χ0n) is 15.0. The Kier molecular flexibility index (Phi) is 5.07. The van der Waals surface area contributed by atoms with E-state index in [-0.39, 0.29) is 19.3 Å². The van der Waals surface area contributed by atoms with Gasteiger partial charge in [0.15, 0.2) is 11.9 Å². The van der Waals surface area contributed by atoms with Crippen LogP contribution in [0.3, 0.4) is 0 Å². The molecule has 3 rings (SSSR count). The smallest absolute Gasteiger partial charge is 0.415 e. The maximum absolute atomic E-state index is 13.7. The van der Waals surface area contributed by atoms with Crippen molar-refractivity contribution >= 4 is 11.6 Å². The lowest BCUT2D eigenvalue weighted by molar-refractivity contribution is -0.356. The molecular weight excluding hydrogens is 365 g/mol. The summed E-state index contributed by atoms with van der Waals surface area (Å²) in [5.74, 6) is -6.87. The Morgan fingerprint density at radius 2 is 1.93 bits per heavy atom. The van der Waals surface area contributed by atoms with Gasteiger partial charge in [0.25, 0.3) is 0 Å². The fourth-order valence-corrected chi connectivity index (χ4v) is 4.34. The lowest BCUT2D eigenvalue weighted by Gasteiger charge is -2.52. The van der Waals surface area contributed by atoms with Gasteiger partial charge in [0.1, 0.15) is 17.3 Å². The fraction of sp³-hybridized carbons (Fsp3) is 0.579. The van der Waals surface area contributed by atoms with Crippen LogP contribution in [0, 0.1) is 11.8 Å². The van der Waals surface area contributed by atoms with Gasteiger partial charge in [-0.1, -0.05) is 12.1 Å². The Morgan fingerprint density at radius 3 is 2.44 bits per heavy atom. The van der Waals surface area contributed by atoms with E-state index in [0.717, 1.165) is 6.92 Å². The number of Topliss-reactive ketones (excluding diaryl/α,β-unsaturated/α-hetero) is 2. The lowest BCUT2D eigenvalue weighted by Crippen LogP contribution is -2.63. The second kappa shape index (κ2) is 6.91. The largest absolute Gasteiger partial charge is 0.497 e. The van der Waals surface area contributed by atoms with Crippen LogP contribution in [0.1, 0.15) is 37.7 Å². The van der Waals surface area contributed by atoms with Crippen LogP contribution in [-0.4, -0.2) is 41.9 Å². The molecule has 5 unspecified atom stereocenters. The number of fused-ring (bicyclic) bond motifs is 1. The molecule has 1 heterocycles. The van der Waals surface area contributed by atoms with E-state index in [0.29, 0.717) is 11.3 Å². The van der Waals surface area contributed by atoms with E-state index in [1.807, 2.05) is 0 Å². The summed E-state index contributed by atoms with van der Waals surface area (Å²) in [6.45, 7) is 1.06. The minimum atomic E-state index is -4.86. The predicted octanol–water partition coefficient (Wildman–Crippen LogP) is 3.00. The highest BCUT2D eigenvalue weighted by Crippen LogP contribution is 2.54. The van der Waals surface area contributed by atoms with E-state index in [1.54, 1.807) is 12.1 Å². The molecule has 8 heteroatoms. The molecule has 0 amide bonds. The summed E-state index contributed by atoms with van der Waals surface area (Å²) in [5.41, 5.74) is 0.368. The molecule has 1 saturated heterocycles. The summed E-state index contributed by atoms with van der Waals surface area (Å²) < 4.78 is 51.2. The van der Waals surface area contributed by atoms with Crippen molar-refractivity contribution in [3.8, 4) is 5.75 Å². The summed E-state index contributed by atoms with van der Waals surface area (Å²) in [5, 5.41) is 10.8. The highest BCUT2D eigenvalue weighted by molar-refractivity contribution is 5.87. The van der Waals surface area contributed by atoms with Crippen molar-refractivity contribution in [1.82, 2.24) is 0 Å². The number of hydrogen-bond acceptors (Lipinski definition) is 5. The van der Waals surface area contributed by atoms with Crippen LogP contribution in [0.25, 0.3) is 0 Å². The molecule has 2 aliphatic rings. The number of carbonyl (C=O) groups excluding carboxylic acids is 2. The lowest BCUT2D eigenvalue weighted by atomic mass is 9.63. The van der Waals surface area contributed by atoms with E-state index in [1.165, 1.54) is 19.2 Å². The molecule has 0 radical (unpaired) electrons. The normalized spacial score (nSPS) is 34.1. The third-order valence-corrected chi connectivity index (χ3v) is 5.49. The zero-order chi connectivity index (χ0) is 20.0. The number of carbonyl (C=O) groups is 2. The van der Waals surface area contributed by atoms with E-state index < -0.39 is 47.4 Å². The molecule has 1 aromatic rings. The predicted molar refractivity (Wildman–Crippen MR) is 88.1 cm³/mol. The van der Waals surface area contributed by atoms with Crippen LogP contribution in [0.4, 0.5) is 13.2 Å². The van der Waals surface area contributed by atoms with Gasteiger partial charge in [-0.2, -0.15) is 13.2 Å². The van der Waals surface area contributed by atoms with Crippen molar-refractivity contribution in [2.45, 2.75) is 50.2 Å². The van der Waals surface area contributed by atoms with Gasteiger partial charge in [0.05, 0.1) is 18.9 Å². The SMILES string of the molecule is COc1ccc(C2C(C(C)=O)C(C(F)(F)F)OC3(O)CCCC(=O)C23)cc1. The first-order valence-corrected chi connectivity index (χ1v) is 8.72. The van der Waals surface area contributed by atoms with Gasteiger partial charge in [-0.3, -0.25) is 9.59 Å².